The van der Waals surface area contributed by atoms with Gasteiger partial charge in [0.1, 0.15) is 5.37 Å². The standard InChI is InChI=1S/C10H15NS/c1-2-3-4-5-6-7-10-11-8-9-12-10/h8-11H,2-5H2,1H3. The maximum atomic E-state index is 3.19. The van der Waals surface area contributed by atoms with Gasteiger partial charge in [-0.2, -0.15) is 0 Å². The normalized spacial score (nSPS) is 19.9. The molecule has 1 aliphatic heterocycles. The second-order valence-electron chi connectivity index (χ2n) is 2.76. The van der Waals surface area contributed by atoms with Crippen LogP contribution in [-0.4, -0.2) is 5.37 Å². The van der Waals surface area contributed by atoms with Crippen molar-refractivity contribution in [3.05, 3.63) is 11.6 Å². The molecule has 0 aromatic rings. The number of rotatable bonds is 3. The van der Waals surface area contributed by atoms with Crippen molar-refractivity contribution in [1.29, 1.82) is 0 Å². The molecule has 1 atom stereocenters. The van der Waals surface area contributed by atoms with Gasteiger partial charge in [0.15, 0.2) is 0 Å². The van der Waals surface area contributed by atoms with Crippen LogP contribution in [0, 0.1) is 11.8 Å². The number of hydrogen-bond donors (Lipinski definition) is 1. The molecule has 1 rings (SSSR count). The molecule has 0 saturated carbocycles. The Morgan fingerprint density at radius 2 is 2.42 bits per heavy atom. The summed E-state index contributed by atoms with van der Waals surface area (Å²) in [6.07, 6.45) is 6.83. The summed E-state index contributed by atoms with van der Waals surface area (Å²) in [4.78, 5) is 0. The molecule has 0 radical (unpaired) electrons. The van der Waals surface area contributed by atoms with E-state index in [2.05, 4.69) is 24.1 Å². The van der Waals surface area contributed by atoms with Gasteiger partial charge in [0, 0.05) is 12.6 Å². The lowest BCUT2D eigenvalue weighted by Gasteiger charge is -1.98. The van der Waals surface area contributed by atoms with Gasteiger partial charge in [-0.15, -0.1) is 5.92 Å². The Balaban J connectivity index is 2.03. The molecule has 0 fully saturated rings. The van der Waals surface area contributed by atoms with E-state index in [1.165, 1.54) is 19.3 Å². The van der Waals surface area contributed by atoms with E-state index < -0.39 is 0 Å². The molecule has 0 amide bonds. The van der Waals surface area contributed by atoms with Crippen molar-refractivity contribution < 1.29 is 0 Å². The van der Waals surface area contributed by atoms with Gasteiger partial charge in [0.05, 0.1) is 0 Å². The highest BCUT2D eigenvalue weighted by atomic mass is 32.2. The van der Waals surface area contributed by atoms with Crippen LogP contribution < -0.4 is 5.32 Å². The van der Waals surface area contributed by atoms with Crippen LogP contribution in [-0.2, 0) is 0 Å². The largest absolute Gasteiger partial charge is 0.369 e. The first-order valence-corrected chi connectivity index (χ1v) is 5.42. The summed E-state index contributed by atoms with van der Waals surface area (Å²) in [5, 5.41) is 5.51. The Morgan fingerprint density at radius 3 is 3.08 bits per heavy atom. The van der Waals surface area contributed by atoms with Crippen LogP contribution in [0.2, 0.25) is 0 Å². The Bertz CT molecular complexity index is 192. The highest BCUT2D eigenvalue weighted by Crippen LogP contribution is 2.13. The van der Waals surface area contributed by atoms with Gasteiger partial charge < -0.3 is 5.32 Å². The number of unbranched alkanes of at least 4 members (excludes halogenated alkanes) is 3. The molecule has 12 heavy (non-hydrogen) atoms. The van der Waals surface area contributed by atoms with E-state index >= 15 is 0 Å². The maximum Gasteiger partial charge on any atom is 0.138 e. The van der Waals surface area contributed by atoms with Gasteiger partial charge in [-0.25, -0.2) is 0 Å². The first-order chi connectivity index (χ1) is 5.93. The molecule has 1 aliphatic rings. The molecular formula is C10H15NS. The Kier molecular flexibility index (Phi) is 4.79. The van der Waals surface area contributed by atoms with Crippen molar-refractivity contribution in [2.75, 3.05) is 0 Å². The number of thioether (sulfide) groups is 1. The summed E-state index contributed by atoms with van der Waals surface area (Å²) in [6, 6.07) is 0. The molecule has 1 nitrogen and oxygen atoms in total. The average molecular weight is 181 g/mol. The Labute approximate surface area is 79.0 Å². The van der Waals surface area contributed by atoms with E-state index in [0.29, 0.717) is 5.37 Å². The minimum absolute atomic E-state index is 0.312. The monoisotopic (exact) mass is 181 g/mol. The van der Waals surface area contributed by atoms with Crippen molar-refractivity contribution in [1.82, 2.24) is 5.32 Å². The first-order valence-electron chi connectivity index (χ1n) is 4.48. The molecule has 0 aromatic heterocycles. The molecule has 1 unspecified atom stereocenters. The van der Waals surface area contributed by atoms with E-state index in [0.717, 1.165) is 6.42 Å². The van der Waals surface area contributed by atoms with Crippen LogP contribution in [0.5, 0.6) is 0 Å². The van der Waals surface area contributed by atoms with Crippen molar-refractivity contribution in [3.63, 3.8) is 0 Å². The topological polar surface area (TPSA) is 12.0 Å². The van der Waals surface area contributed by atoms with Gasteiger partial charge in [-0.1, -0.05) is 37.4 Å². The van der Waals surface area contributed by atoms with Crippen molar-refractivity contribution in [2.24, 2.45) is 0 Å². The Hall–Kier alpha value is -0.550. The summed E-state index contributed by atoms with van der Waals surface area (Å²) >= 11 is 1.74. The Morgan fingerprint density at radius 1 is 1.50 bits per heavy atom. The second kappa shape index (κ2) is 6.02. The summed E-state index contributed by atoms with van der Waals surface area (Å²) in [6.45, 7) is 2.21. The lowest BCUT2D eigenvalue weighted by Crippen LogP contribution is -2.12. The second-order valence-corrected chi connectivity index (χ2v) is 3.78. The molecule has 0 spiro atoms. The van der Waals surface area contributed by atoms with Crippen LogP contribution in [0.3, 0.4) is 0 Å². The zero-order valence-electron chi connectivity index (χ0n) is 7.47. The van der Waals surface area contributed by atoms with Crippen LogP contribution >= 0.6 is 11.8 Å². The lowest BCUT2D eigenvalue weighted by atomic mass is 10.2. The first kappa shape index (κ1) is 9.54. The summed E-state index contributed by atoms with van der Waals surface area (Å²) in [7, 11) is 0. The molecule has 0 aliphatic carbocycles. The minimum atomic E-state index is 0.312. The number of hydrogen-bond acceptors (Lipinski definition) is 2. The average Bonchev–Trinajstić information content (AvgIpc) is 2.57. The maximum absolute atomic E-state index is 3.19. The van der Waals surface area contributed by atoms with Crippen molar-refractivity contribution in [2.45, 2.75) is 38.0 Å². The SMILES string of the molecule is CCCCCC#CC1NC=CS1. The summed E-state index contributed by atoms with van der Waals surface area (Å²) in [5.41, 5.74) is 0. The molecule has 66 valence electrons. The predicted octanol–water partition coefficient (Wildman–Crippen LogP) is 2.70. The zero-order chi connectivity index (χ0) is 8.65. The number of nitrogens with one attached hydrogen (secondary N) is 1. The van der Waals surface area contributed by atoms with Gasteiger partial charge >= 0.3 is 0 Å². The minimum Gasteiger partial charge on any atom is -0.369 e. The fraction of sp³-hybridized carbons (Fsp3) is 0.600. The lowest BCUT2D eigenvalue weighted by molar-refractivity contribution is 0.736. The zero-order valence-corrected chi connectivity index (χ0v) is 8.29. The molecule has 2 heteroatoms. The molecule has 0 aromatic carbocycles. The van der Waals surface area contributed by atoms with E-state index in [-0.39, 0.29) is 0 Å². The predicted molar refractivity (Wildman–Crippen MR) is 55.6 cm³/mol. The van der Waals surface area contributed by atoms with Crippen molar-refractivity contribution >= 4 is 11.8 Å². The van der Waals surface area contributed by atoms with E-state index in [4.69, 9.17) is 0 Å². The molecule has 1 heterocycles. The quantitative estimate of drug-likeness (QED) is 0.530. The van der Waals surface area contributed by atoms with Gasteiger partial charge in [-0.3, -0.25) is 0 Å². The van der Waals surface area contributed by atoms with Crippen LogP contribution in [0.4, 0.5) is 0 Å². The third-order valence-electron chi connectivity index (χ3n) is 1.67. The fourth-order valence-electron chi connectivity index (χ4n) is 0.988. The highest BCUT2D eigenvalue weighted by Gasteiger charge is 2.03. The van der Waals surface area contributed by atoms with Gasteiger partial charge in [0.2, 0.25) is 0 Å². The fourth-order valence-corrected chi connectivity index (χ4v) is 1.61. The van der Waals surface area contributed by atoms with E-state index in [1.54, 1.807) is 11.8 Å². The summed E-state index contributed by atoms with van der Waals surface area (Å²) in [5.74, 6) is 6.37. The molecule has 0 saturated heterocycles. The van der Waals surface area contributed by atoms with Crippen LogP contribution in [0.25, 0.3) is 0 Å². The third kappa shape index (κ3) is 3.73. The van der Waals surface area contributed by atoms with E-state index in [1.807, 2.05) is 11.6 Å². The summed E-state index contributed by atoms with van der Waals surface area (Å²) < 4.78 is 0. The molecule has 1 N–H and O–H groups in total. The molecule has 0 bridgehead atoms. The molecular weight excluding hydrogens is 166 g/mol. The third-order valence-corrected chi connectivity index (χ3v) is 2.49. The highest BCUT2D eigenvalue weighted by molar-refractivity contribution is 8.03. The van der Waals surface area contributed by atoms with Crippen LogP contribution in [0.1, 0.15) is 32.6 Å². The smallest absolute Gasteiger partial charge is 0.138 e. The van der Waals surface area contributed by atoms with Crippen molar-refractivity contribution in [3.8, 4) is 11.8 Å². The van der Waals surface area contributed by atoms with E-state index in [9.17, 15) is 0 Å². The van der Waals surface area contributed by atoms with Gasteiger partial charge in [-0.05, 0) is 11.8 Å². The van der Waals surface area contributed by atoms with Gasteiger partial charge in [0.25, 0.3) is 0 Å². The van der Waals surface area contributed by atoms with Crippen LogP contribution in [0.15, 0.2) is 11.6 Å².